The number of aliphatic hydroxyl groups is 1. The molecule has 0 bridgehead atoms. The molecular weight excluding hydrogens is 278 g/mol. The molecule has 1 saturated heterocycles. The molecule has 4 heteroatoms. The van der Waals surface area contributed by atoms with Crippen LogP contribution < -0.4 is 5.32 Å². The van der Waals surface area contributed by atoms with E-state index in [9.17, 15) is 4.79 Å². The summed E-state index contributed by atoms with van der Waals surface area (Å²) in [7, 11) is 0. The highest BCUT2D eigenvalue weighted by Crippen LogP contribution is 2.27. The van der Waals surface area contributed by atoms with Crippen molar-refractivity contribution >= 4 is 5.91 Å². The van der Waals surface area contributed by atoms with Gasteiger partial charge in [0.25, 0.3) is 0 Å². The molecule has 1 aliphatic rings. The third kappa shape index (κ3) is 6.16. The van der Waals surface area contributed by atoms with E-state index >= 15 is 0 Å². The van der Waals surface area contributed by atoms with Gasteiger partial charge in [-0.25, -0.2) is 0 Å². The Bertz CT molecular complexity index is 440. The van der Waals surface area contributed by atoms with E-state index in [2.05, 4.69) is 24.9 Å². The van der Waals surface area contributed by atoms with Crippen molar-refractivity contribution in [2.75, 3.05) is 0 Å². The molecule has 1 unspecified atom stereocenters. The third-order valence-electron chi connectivity index (χ3n) is 4.06. The van der Waals surface area contributed by atoms with Crippen LogP contribution in [0, 0.1) is 5.92 Å². The summed E-state index contributed by atoms with van der Waals surface area (Å²) in [5.41, 5.74) is 1.15. The summed E-state index contributed by atoms with van der Waals surface area (Å²) in [4.78, 5) is 11.8. The maximum Gasteiger partial charge on any atom is 0.244 e. The fourth-order valence-corrected chi connectivity index (χ4v) is 2.56. The van der Waals surface area contributed by atoms with Crippen molar-refractivity contribution in [1.29, 1.82) is 0 Å². The van der Waals surface area contributed by atoms with Crippen molar-refractivity contribution in [3.63, 3.8) is 0 Å². The molecule has 0 aromatic carbocycles. The summed E-state index contributed by atoms with van der Waals surface area (Å²) >= 11 is 0. The monoisotopic (exact) mass is 307 g/mol. The van der Waals surface area contributed by atoms with E-state index in [4.69, 9.17) is 9.84 Å². The Labute approximate surface area is 133 Å². The molecule has 1 amide bonds. The van der Waals surface area contributed by atoms with Gasteiger partial charge in [-0.1, -0.05) is 37.3 Å². The maximum atomic E-state index is 11.8. The van der Waals surface area contributed by atoms with Crippen LogP contribution in [0.25, 0.3) is 0 Å². The van der Waals surface area contributed by atoms with Crippen LogP contribution in [0.3, 0.4) is 0 Å². The molecule has 0 aliphatic carbocycles. The predicted molar refractivity (Wildman–Crippen MR) is 89.4 cm³/mol. The minimum Gasteiger partial charge on any atom is -0.389 e. The molecule has 0 saturated carbocycles. The summed E-state index contributed by atoms with van der Waals surface area (Å²) < 4.78 is 6.07. The standard InChI is InChI=1S/C18H29NO3/c1-6-12(2)7-9-17-13(3)11-16(15(5)22-17)19-18(21)10-8-14(4)20/h6-8,10,13-17,20H,1,9,11H2,2-5H3,(H,19,21)/t13-,14?,15+,16+,17-/m0/s1. The van der Waals surface area contributed by atoms with Gasteiger partial charge in [0.05, 0.1) is 24.4 Å². The topological polar surface area (TPSA) is 58.6 Å². The van der Waals surface area contributed by atoms with Crippen molar-refractivity contribution in [1.82, 2.24) is 5.32 Å². The molecule has 124 valence electrons. The first-order chi connectivity index (χ1) is 10.3. The Balaban J connectivity index is 2.55. The minimum atomic E-state index is -0.617. The van der Waals surface area contributed by atoms with E-state index in [0.29, 0.717) is 5.92 Å². The fourth-order valence-electron chi connectivity index (χ4n) is 2.56. The fraction of sp³-hybridized carbons (Fsp3) is 0.611. The summed E-state index contributed by atoms with van der Waals surface area (Å²) in [5.74, 6) is 0.186. The average Bonchev–Trinajstić information content (AvgIpc) is 2.46. The molecule has 22 heavy (non-hydrogen) atoms. The van der Waals surface area contributed by atoms with Gasteiger partial charge < -0.3 is 15.2 Å². The SMILES string of the molecule is C=CC(C)=CC[C@@H]1O[C@H](C)[C@H](NC(=O)C=CC(C)O)C[C@@H]1C. The van der Waals surface area contributed by atoms with Crippen LogP contribution in [0.5, 0.6) is 0 Å². The van der Waals surface area contributed by atoms with Crippen LogP contribution in [0.4, 0.5) is 0 Å². The number of nitrogens with one attached hydrogen (secondary N) is 1. The second-order valence-electron chi connectivity index (χ2n) is 6.20. The van der Waals surface area contributed by atoms with Crippen molar-refractivity contribution in [3.05, 3.63) is 36.5 Å². The molecule has 4 nitrogen and oxygen atoms in total. The number of carbonyl (C=O) groups excluding carboxylic acids is 1. The van der Waals surface area contributed by atoms with Gasteiger partial charge in [-0.3, -0.25) is 4.79 Å². The zero-order chi connectivity index (χ0) is 16.7. The number of aliphatic hydroxyl groups excluding tert-OH is 1. The van der Waals surface area contributed by atoms with Gasteiger partial charge in [0.2, 0.25) is 5.91 Å². The number of hydrogen-bond donors (Lipinski definition) is 2. The Morgan fingerprint density at radius 3 is 2.77 bits per heavy atom. The maximum absolute atomic E-state index is 11.8. The van der Waals surface area contributed by atoms with Crippen molar-refractivity contribution < 1.29 is 14.6 Å². The molecule has 1 aliphatic heterocycles. The van der Waals surface area contributed by atoms with Gasteiger partial charge in [0, 0.05) is 6.08 Å². The first kappa shape index (κ1) is 18.7. The van der Waals surface area contributed by atoms with Gasteiger partial charge >= 0.3 is 0 Å². The zero-order valence-electron chi connectivity index (χ0n) is 14.1. The number of hydrogen-bond acceptors (Lipinski definition) is 3. The Morgan fingerprint density at radius 1 is 1.50 bits per heavy atom. The second-order valence-corrected chi connectivity index (χ2v) is 6.20. The van der Waals surface area contributed by atoms with Crippen molar-refractivity contribution in [2.45, 2.75) is 64.9 Å². The van der Waals surface area contributed by atoms with Crippen LogP contribution in [-0.2, 0) is 9.53 Å². The smallest absolute Gasteiger partial charge is 0.244 e. The number of rotatable bonds is 6. The largest absolute Gasteiger partial charge is 0.389 e. The summed E-state index contributed by atoms with van der Waals surface area (Å²) in [5, 5.41) is 12.1. The van der Waals surface area contributed by atoms with Gasteiger partial charge in [0.1, 0.15) is 0 Å². The summed E-state index contributed by atoms with van der Waals surface area (Å²) in [6.45, 7) is 11.5. The third-order valence-corrected chi connectivity index (χ3v) is 4.06. The molecule has 1 fully saturated rings. The van der Waals surface area contributed by atoms with Crippen LogP contribution in [0.2, 0.25) is 0 Å². The zero-order valence-corrected chi connectivity index (χ0v) is 14.1. The normalized spacial score (nSPS) is 31.0. The Morgan fingerprint density at radius 2 is 2.18 bits per heavy atom. The molecule has 1 rings (SSSR count). The molecule has 0 aromatic rings. The highest BCUT2D eigenvalue weighted by atomic mass is 16.5. The van der Waals surface area contributed by atoms with Gasteiger partial charge in [-0.2, -0.15) is 0 Å². The van der Waals surface area contributed by atoms with Gasteiger partial charge in [-0.05, 0) is 39.5 Å². The predicted octanol–water partition coefficient (Wildman–Crippen LogP) is 2.74. The summed E-state index contributed by atoms with van der Waals surface area (Å²) in [6, 6.07) is 0.00174. The van der Waals surface area contributed by atoms with E-state index in [1.165, 1.54) is 12.2 Å². The van der Waals surface area contributed by atoms with Crippen molar-refractivity contribution in [3.8, 4) is 0 Å². The number of allylic oxidation sites excluding steroid dienone is 2. The Hall–Kier alpha value is -1.39. The lowest BCUT2D eigenvalue weighted by Crippen LogP contribution is -2.50. The first-order valence-corrected chi connectivity index (χ1v) is 7.95. The summed E-state index contributed by atoms with van der Waals surface area (Å²) in [6.07, 6.45) is 8.12. The first-order valence-electron chi connectivity index (χ1n) is 7.95. The highest BCUT2D eigenvalue weighted by Gasteiger charge is 2.33. The van der Waals surface area contributed by atoms with E-state index in [0.717, 1.165) is 18.4 Å². The molecule has 5 atom stereocenters. The average molecular weight is 307 g/mol. The lowest BCUT2D eigenvalue weighted by molar-refractivity contribution is -0.123. The molecule has 0 radical (unpaired) electrons. The molecule has 2 N–H and O–H groups in total. The minimum absolute atomic E-state index is 0.00174. The Kier molecular flexibility index (Phi) is 7.56. The molecule has 0 aromatic heterocycles. The second kappa shape index (κ2) is 8.91. The lowest BCUT2D eigenvalue weighted by Gasteiger charge is -2.39. The quantitative estimate of drug-likeness (QED) is 0.586. The van der Waals surface area contributed by atoms with E-state index in [1.807, 2.05) is 19.9 Å². The van der Waals surface area contributed by atoms with Gasteiger partial charge in [0.15, 0.2) is 0 Å². The van der Waals surface area contributed by atoms with Crippen LogP contribution >= 0.6 is 0 Å². The van der Waals surface area contributed by atoms with Crippen LogP contribution in [-0.4, -0.2) is 35.4 Å². The van der Waals surface area contributed by atoms with E-state index < -0.39 is 6.10 Å². The van der Waals surface area contributed by atoms with Crippen LogP contribution in [0.15, 0.2) is 36.5 Å². The van der Waals surface area contributed by atoms with Crippen molar-refractivity contribution in [2.24, 2.45) is 5.92 Å². The van der Waals surface area contributed by atoms with Crippen LogP contribution in [0.1, 0.15) is 40.5 Å². The number of carbonyl (C=O) groups is 1. The number of ether oxygens (including phenoxy) is 1. The van der Waals surface area contributed by atoms with E-state index in [-0.39, 0.29) is 24.2 Å². The molecule has 1 heterocycles. The lowest BCUT2D eigenvalue weighted by atomic mass is 9.88. The highest BCUT2D eigenvalue weighted by molar-refractivity contribution is 5.87. The van der Waals surface area contributed by atoms with E-state index in [1.54, 1.807) is 6.92 Å². The molecule has 0 spiro atoms. The number of amides is 1. The molecular formula is C18H29NO3. The van der Waals surface area contributed by atoms with Gasteiger partial charge in [-0.15, -0.1) is 0 Å².